The maximum absolute atomic E-state index is 5.35. The summed E-state index contributed by atoms with van der Waals surface area (Å²) in [5, 5.41) is 3.21. The van der Waals surface area contributed by atoms with Crippen molar-refractivity contribution in [3.63, 3.8) is 0 Å². The Morgan fingerprint density at radius 1 is 1.00 bits per heavy atom. The Hall–Kier alpha value is -0.763. The maximum Gasteiger partial charge on any atom is 0.500 e. The summed E-state index contributed by atoms with van der Waals surface area (Å²) in [6, 6.07) is 11.1. The van der Waals surface area contributed by atoms with Crippen LogP contribution in [-0.4, -0.2) is 49.8 Å². The molecule has 5 nitrogen and oxygen atoms in total. The highest BCUT2D eigenvalue weighted by molar-refractivity contribution is 6.60. The van der Waals surface area contributed by atoms with Gasteiger partial charge in [-0.25, -0.2) is 0 Å². The monoisotopic (exact) mass is 314 g/mol. The lowest BCUT2D eigenvalue weighted by atomic mass is 10.2. The van der Waals surface area contributed by atoms with Crippen LogP contribution in [0.15, 0.2) is 30.3 Å². The third-order valence-corrected chi connectivity index (χ3v) is 5.86. The van der Waals surface area contributed by atoms with Crippen molar-refractivity contribution in [2.24, 2.45) is 5.73 Å². The second-order valence-corrected chi connectivity index (χ2v) is 7.68. The first-order valence-electron chi connectivity index (χ1n) is 7.22. The highest BCUT2D eigenvalue weighted by atomic mass is 28.4. The van der Waals surface area contributed by atoms with Gasteiger partial charge in [0.15, 0.2) is 0 Å². The van der Waals surface area contributed by atoms with E-state index in [1.807, 2.05) is 18.2 Å². The van der Waals surface area contributed by atoms with Crippen LogP contribution in [0.4, 0.5) is 0 Å². The molecule has 0 unspecified atom stereocenters. The minimum Gasteiger partial charge on any atom is -0.377 e. The molecule has 0 saturated heterocycles. The normalized spacial score (nSPS) is 10.9. The van der Waals surface area contributed by atoms with E-state index in [9.17, 15) is 0 Å². The van der Waals surface area contributed by atoms with Gasteiger partial charge in [0.25, 0.3) is 0 Å². The van der Waals surface area contributed by atoms with E-state index in [1.165, 1.54) is 5.56 Å². The van der Waals surface area contributed by atoms with Crippen molar-refractivity contribution in [3.05, 3.63) is 35.9 Å². The van der Waals surface area contributed by atoms with Crippen molar-refractivity contribution in [1.29, 1.82) is 0 Å². The fourth-order valence-corrected chi connectivity index (χ4v) is 3.47. The quantitative estimate of drug-likeness (QED) is 0.537. The van der Waals surface area contributed by atoms with Gasteiger partial charge in [0.2, 0.25) is 0 Å². The van der Waals surface area contributed by atoms with E-state index in [-0.39, 0.29) is 0 Å². The second kappa shape index (κ2) is 12.9. The minimum atomic E-state index is -2.35. The van der Waals surface area contributed by atoms with E-state index in [0.29, 0.717) is 6.54 Å². The number of aryl methyl sites for hydroxylation is 1. The first kappa shape index (κ1) is 20.2. The zero-order valence-corrected chi connectivity index (χ0v) is 14.7. The van der Waals surface area contributed by atoms with Crippen LogP contribution in [0.25, 0.3) is 0 Å². The number of hydrogen-bond acceptors (Lipinski definition) is 5. The van der Waals surface area contributed by atoms with Crippen molar-refractivity contribution >= 4 is 8.80 Å². The van der Waals surface area contributed by atoms with E-state index in [2.05, 4.69) is 24.4 Å². The van der Waals surface area contributed by atoms with Crippen molar-refractivity contribution < 1.29 is 13.3 Å². The zero-order valence-electron chi connectivity index (χ0n) is 13.7. The lowest BCUT2D eigenvalue weighted by Crippen LogP contribution is -2.43. The van der Waals surface area contributed by atoms with Crippen LogP contribution in [0, 0.1) is 6.92 Å². The highest BCUT2D eigenvalue weighted by Crippen LogP contribution is 2.14. The van der Waals surface area contributed by atoms with Crippen LogP contribution in [0.5, 0.6) is 0 Å². The average Bonchev–Trinajstić information content (AvgIpc) is 2.53. The summed E-state index contributed by atoms with van der Waals surface area (Å²) in [4.78, 5) is 0. The number of benzene rings is 1. The molecule has 1 aromatic rings. The van der Waals surface area contributed by atoms with Gasteiger partial charge < -0.3 is 24.3 Å². The van der Waals surface area contributed by atoms with Gasteiger partial charge in [-0.15, -0.1) is 0 Å². The minimum absolute atomic E-state index is 0.668. The topological polar surface area (TPSA) is 65.7 Å². The summed E-state index contributed by atoms with van der Waals surface area (Å²) in [6.07, 6.45) is 0.974. The molecule has 0 bridgehead atoms. The Kier molecular flexibility index (Phi) is 12.5. The lowest BCUT2D eigenvalue weighted by Gasteiger charge is -2.24. The van der Waals surface area contributed by atoms with E-state index >= 15 is 0 Å². The van der Waals surface area contributed by atoms with Gasteiger partial charge in [-0.05, 0) is 19.9 Å². The molecular weight excluding hydrogens is 284 g/mol. The first-order valence-corrected chi connectivity index (χ1v) is 9.15. The summed E-state index contributed by atoms with van der Waals surface area (Å²) in [5.41, 5.74) is 6.67. The Bertz CT molecular complexity index is 327. The van der Waals surface area contributed by atoms with Crippen LogP contribution in [0.1, 0.15) is 12.0 Å². The molecule has 3 N–H and O–H groups in total. The van der Waals surface area contributed by atoms with Gasteiger partial charge in [-0.3, -0.25) is 0 Å². The molecule has 0 fully saturated rings. The second-order valence-electron chi connectivity index (χ2n) is 4.59. The summed E-state index contributed by atoms with van der Waals surface area (Å²) in [7, 11) is 2.55. The Balaban J connectivity index is 0.000000471. The third kappa shape index (κ3) is 9.73. The fraction of sp³-hybridized carbons (Fsp3) is 0.600. The molecule has 1 aromatic carbocycles. The van der Waals surface area contributed by atoms with Crippen LogP contribution in [0.3, 0.4) is 0 Å². The number of rotatable bonds is 9. The number of hydrogen-bond donors (Lipinski definition) is 2. The maximum atomic E-state index is 5.35. The molecule has 6 heteroatoms. The number of nitrogens with two attached hydrogens (primary N) is 1. The van der Waals surface area contributed by atoms with Gasteiger partial charge in [-0.1, -0.05) is 35.9 Å². The SMILES string of the molecule is CO[Si](CCCNCCN)(OC)OC.Cc1ccccc1. The first-order chi connectivity index (χ1) is 10.1. The molecule has 0 atom stereocenters. The number of nitrogens with one attached hydrogen (secondary N) is 1. The summed E-state index contributed by atoms with van der Waals surface area (Å²) in [5.74, 6) is 0. The van der Waals surface area contributed by atoms with Crippen molar-refractivity contribution in [2.75, 3.05) is 41.0 Å². The zero-order chi connectivity index (χ0) is 16.0. The van der Waals surface area contributed by atoms with Gasteiger partial charge in [-0.2, -0.15) is 0 Å². The summed E-state index contributed by atoms with van der Waals surface area (Å²) in [6.45, 7) is 4.52. The summed E-state index contributed by atoms with van der Waals surface area (Å²) < 4.78 is 15.9. The van der Waals surface area contributed by atoms with Crippen LogP contribution in [0.2, 0.25) is 6.04 Å². The molecule has 1 rings (SSSR count). The Morgan fingerprint density at radius 3 is 1.95 bits per heavy atom. The average molecular weight is 315 g/mol. The largest absolute Gasteiger partial charge is 0.500 e. The standard InChI is InChI=1S/C8H22N2O3Si.C7H8/c1-11-14(12-2,13-3)8-4-6-10-7-5-9;1-7-5-3-2-4-6-7/h10H,4-9H2,1-3H3;2-6H,1H3. The van der Waals surface area contributed by atoms with Gasteiger partial charge in [0, 0.05) is 40.5 Å². The smallest absolute Gasteiger partial charge is 0.377 e. The van der Waals surface area contributed by atoms with Crippen LogP contribution in [-0.2, 0) is 13.3 Å². The fourth-order valence-electron chi connectivity index (χ4n) is 1.75. The summed E-state index contributed by atoms with van der Waals surface area (Å²) >= 11 is 0. The van der Waals surface area contributed by atoms with Crippen LogP contribution < -0.4 is 11.1 Å². The molecule has 21 heavy (non-hydrogen) atoms. The van der Waals surface area contributed by atoms with Crippen LogP contribution >= 0.6 is 0 Å². The van der Waals surface area contributed by atoms with E-state index in [1.54, 1.807) is 21.3 Å². The molecule has 0 saturated carbocycles. The Labute approximate surface area is 130 Å². The molecule has 0 spiro atoms. The molecule has 122 valence electrons. The van der Waals surface area contributed by atoms with E-state index < -0.39 is 8.80 Å². The van der Waals surface area contributed by atoms with Crippen molar-refractivity contribution in [2.45, 2.75) is 19.4 Å². The van der Waals surface area contributed by atoms with Gasteiger partial charge in [0.1, 0.15) is 0 Å². The lowest BCUT2D eigenvalue weighted by molar-refractivity contribution is 0.123. The van der Waals surface area contributed by atoms with Gasteiger partial charge in [0.05, 0.1) is 0 Å². The molecule has 0 aliphatic rings. The molecule has 0 amide bonds. The van der Waals surface area contributed by atoms with Crippen molar-refractivity contribution in [1.82, 2.24) is 5.32 Å². The molecule has 0 aromatic heterocycles. The molecule has 0 radical (unpaired) electrons. The molecule has 0 aliphatic heterocycles. The predicted molar refractivity (Wildman–Crippen MR) is 89.3 cm³/mol. The molecule has 0 aliphatic carbocycles. The Morgan fingerprint density at radius 2 is 1.57 bits per heavy atom. The van der Waals surface area contributed by atoms with E-state index in [4.69, 9.17) is 19.0 Å². The van der Waals surface area contributed by atoms with Crippen molar-refractivity contribution in [3.8, 4) is 0 Å². The molecular formula is C15H30N2O3Si. The third-order valence-electron chi connectivity index (χ3n) is 3.03. The molecule has 0 heterocycles. The van der Waals surface area contributed by atoms with Gasteiger partial charge >= 0.3 is 8.80 Å². The highest BCUT2D eigenvalue weighted by Gasteiger charge is 2.36. The van der Waals surface area contributed by atoms with E-state index in [0.717, 1.165) is 25.6 Å². The predicted octanol–water partition coefficient (Wildman–Crippen LogP) is 1.80.